The van der Waals surface area contributed by atoms with Crippen LogP contribution in [0, 0.1) is 0 Å². The van der Waals surface area contributed by atoms with E-state index in [1.807, 2.05) is 48.5 Å². The highest BCUT2D eigenvalue weighted by Crippen LogP contribution is 2.36. The molecule has 5 aromatic rings. The molecule has 14 heteroatoms. The van der Waals surface area contributed by atoms with Crippen molar-refractivity contribution in [3.63, 3.8) is 0 Å². The van der Waals surface area contributed by atoms with Gasteiger partial charge in [-0.05, 0) is 55.8 Å². The first-order valence-corrected chi connectivity index (χ1v) is 14.9. The first-order chi connectivity index (χ1) is 21.4. The second-order valence-corrected chi connectivity index (χ2v) is 10.6. The van der Waals surface area contributed by atoms with E-state index in [1.54, 1.807) is 40.3 Å². The molecular formula is C30H28N6O6S2. The first-order valence-electron chi connectivity index (χ1n) is 13.3. The Bertz CT molecular complexity index is 1800. The summed E-state index contributed by atoms with van der Waals surface area (Å²) in [6.07, 6.45) is 3.05. The number of hydrogen-bond donors (Lipinski definition) is 1. The van der Waals surface area contributed by atoms with Crippen molar-refractivity contribution in [3.8, 4) is 32.6 Å². The zero-order chi connectivity index (χ0) is 31.5. The van der Waals surface area contributed by atoms with Gasteiger partial charge in [0.05, 0.1) is 43.3 Å². The normalized spacial score (nSPS) is 10.8. The Morgan fingerprint density at radius 3 is 2.18 bits per heavy atom. The molecule has 0 unspecified atom stereocenters. The summed E-state index contributed by atoms with van der Waals surface area (Å²) in [5.74, 6) is 0.455. The number of thiazole rings is 2. The number of nitrogens with one attached hydrogen (secondary N) is 1. The number of hydrogen-bond acceptors (Lipinski definition) is 11. The standard InChI is InChI=1S/C15H14N4O3S.C15H14N2O3S/c1-3-22-15(20)12(18-19-16)8-10-9-17-14(23-10)11-6-4-5-7-13(11)21-2;1-3-20-15(18)10-8-12-13(16-10)17-14(21-12)9-6-4-5-7-11(9)19-2/h4-9H,3H2,1-2H3;4-8,16H,3H2,1-2H3/b12-8-;. The predicted molar refractivity (Wildman–Crippen MR) is 170 cm³/mol. The third-order valence-electron chi connectivity index (χ3n) is 5.79. The van der Waals surface area contributed by atoms with Crippen molar-refractivity contribution in [3.05, 3.63) is 87.5 Å². The van der Waals surface area contributed by atoms with Crippen molar-refractivity contribution in [2.75, 3.05) is 27.4 Å². The van der Waals surface area contributed by atoms with E-state index in [0.29, 0.717) is 28.6 Å². The van der Waals surface area contributed by atoms with Crippen molar-refractivity contribution in [2.24, 2.45) is 5.11 Å². The Kier molecular flexibility index (Phi) is 11.1. The molecule has 0 aliphatic carbocycles. The van der Waals surface area contributed by atoms with E-state index < -0.39 is 5.97 Å². The first kappa shape index (κ1) is 31.8. The maximum atomic E-state index is 11.7. The third kappa shape index (κ3) is 7.61. The lowest BCUT2D eigenvalue weighted by atomic mass is 10.2. The van der Waals surface area contributed by atoms with Gasteiger partial charge >= 0.3 is 11.9 Å². The fourth-order valence-corrected chi connectivity index (χ4v) is 5.76. The molecule has 0 bridgehead atoms. The lowest BCUT2D eigenvalue weighted by Gasteiger charge is -2.04. The lowest BCUT2D eigenvalue weighted by Crippen LogP contribution is -2.05. The largest absolute Gasteiger partial charge is 0.496 e. The molecule has 2 aromatic carbocycles. The average Bonchev–Trinajstić information content (AvgIpc) is 3.77. The summed E-state index contributed by atoms with van der Waals surface area (Å²) < 4.78 is 21.4. The van der Waals surface area contributed by atoms with E-state index in [2.05, 4.69) is 25.0 Å². The summed E-state index contributed by atoms with van der Waals surface area (Å²) in [4.78, 5) is 38.6. The number of methoxy groups -OCH3 is 2. The molecule has 0 aliphatic rings. The molecule has 0 aliphatic heterocycles. The van der Waals surface area contributed by atoms with Crippen LogP contribution in [0.5, 0.6) is 11.5 Å². The quantitative estimate of drug-likeness (QED) is 0.0544. The number of carbonyl (C=O) groups excluding carboxylic acids is 2. The molecular weight excluding hydrogens is 604 g/mol. The molecule has 0 amide bonds. The Morgan fingerprint density at radius 1 is 0.955 bits per heavy atom. The lowest BCUT2D eigenvalue weighted by molar-refractivity contribution is -0.138. The highest BCUT2D eigenvalue weighted by atomic mass is 32.1. The predicted octanol–water partition coefficient (Wildman–Crippen LogP) is 7.51. The number of rotatable bonds is 10. The zero-order valence-electron chi connectivity index (χ0n) is 24.3. The van der Waals surface area contributed by atoms with Crippen molar-refractivity contribution in [1.82, 2.24) is 15.0 Å². The molecule has 3 heterocycles. The summed E-state index contributed by atoms with van der Waals surface area (Å²) >= 11 is 2.85. The monoisotopic (exact) mass is 632 g/mol. The van der Waals surface area contributed by atoms with Crippen LogP contribution < -0.4 is 9.47 Å². The number of H-pyrrole nitrogens is 1. The van der Waals surface area contributed by atoms with Gasteiger partial charge in [-0.15, -0.1) is 22.7 Å². The van der Waals surface area contributed by atoms with Crippen molar-refractivity contribution >= 4 is 51.0 Å². The van der Waals surface area contributed by atoms with E-state index in [4.69, 9.17) is 24.5 Å². The van der Waals surface area contributed by atoms with Gasteiger partial charge < -0.3 is 23.9 Å². The van der Waals surface area contributed by atoms with Crippen LogP contribution >= 0.6 is 22.7 Å². The minimum Gasteiger partial charge on any atom is -0.496 e. The minimum atomic E-state index is -0.669. The number of nitrogens with zero attached hydrogens (tertiary/aromatic N) is 5. The maximum Gasteiger partial charge on any atom is 0.354 e. The van der Waals surface area contributed by atoms with Gasteiger partial charge in [0, 0.05) is 16.0 Å². The molecule has 12 nitrogen and oxygen atoms in total. The van der Waals surface area contributed by atoms with Gasteiger partial charge in [0.1, 0.15) is 38.6 Å². The van der Waals surface area contributed by atoms with Gasteiger partial charge in [-0.25, -0.2) is 19.6 Å². The van der Waals surface area contributed by atoms with E-state index in [0.717, 1.165) is 31.6 Å². The molecule has 0 radical (unpaired) electrons. The van der Waals surface area contributed by atoms with Gasteiger partial charge in [0.15, 0.2) is 0 Å². The second kappa shape index (κ2) is 15.3. The third-order valence-corrected chi connectivity index (χ3v) is 7.80. The summed E-state index contributed by atoms with van der Waals surface area (Å²) in [6.45, 7) is 4.01. The molecule has 3 aromatic heterocycles. The van der Waals surface area contributed by atoms with E-state index in [1.165, 1.54) is 28.7 Å². The average molecular weight is 633 g/mol. The van der Waals surface area contributed by atoms with Gasteiger partial charge in [-0.2, -0.15) is 0 Å². The molecule has 1 N–H and O–H groups in total. The van der Waals surface area contributed by atoms with E-state index >= 15 is 0 Å². The van der Waals surface area contributed by atoms with Crippen LogP contribution in [0.2, 0.25) is 0 Å². The summed E-state index contributed by atoms with van der Waals surface area (Å²) in [7, 11) is 3.23. The molecule has 44 heavy (non-hydrogen) atoms. The fourth-order valence-electron chi connectivity index (χ4n) is 3.89. The maximum absolute atomic E-state index is 11.7. The Morgan fingerprint density at radius 2 is 1.59 bits per heavy atom. The van der Waals surface area contributed by atoms with Crippen LogP contribution in [-0.4, -0.2) is 54.3 Å². The molecule has 226 valence electrons. The Balaban J connectivity index is 0.000000201. The summed E-state index contributed by atoms with van der Waals surface area (Å²) in [5, 5.41) is 4.96. The van der Waals surface area contributed by atoms with Crippen LogP contribution in [0.25, 0.3) is 48.0 Å². The molecule has 5 rings (SSSR count). The molecule has 0 atom stereocenters. The molecule has 0 saturated carbocycles. The van der Waals surface area contributed by atoms with Crippen molar-refractivity contribution in [1.29, 1.82) is 0 Å². The smallest absolute Gasteiger partial charge is 0.354 e. The van der Waals surface area contributed by atoms with E-state index in [9.17, 15) is 9.59 Å². The van der Waals surface area contributed by atoms with Crippen LogP contribution in [0.1, 0.15) is 29.2 Å². The van der Waals surface area contributed by atoms with E-state index in [-0.39, 0.29) is 18.3 Å². The number of esters is 2. The number of aromatic amines is 1. The molecule has 0 fully saturated rings. The number of para-hydroxylation sites is 2. The van der Waals surface area contributed by atoms with Crippen molar-refractivity contribution in [2.45, 2.75) is 13.8 Å². The molecule has 0 saturated heterocycles. The Hall–Kier alpha value is -5.17. The zero-order valence-corrected chi connectivity index (χ0v) is 25.9. The van der Waals surface area contributed by atoms with Crippen LogP contribution in [-0.2, 0) is 14.3 Å². The number of benzene rings is 2. The molecule has 0 spiro atoms. The fraction of sp³-hybridized carbons (Fsp3) is 0.200. The van der Waals surface area contributed by atoms with Crippen LogP contribution in [0.3, 0.4) is 0 Å². The summed E-state index contributed by atoms with van der Waals surface area (Å²) in [5.41, 5.74) is 11.4. The number of fused-ring (bicyclic) bond motifs is 1. The van der Waals surface area contributed by atoms with Gasteiger partial charge in [-0.3, -0.25) is 0 Å². The second-order valence-electron chi connectivity index (χ2n) is 8.54. The number of aromatic nitrogens is 3. The topological polar surface area (TPSA) is 161 Å². The van der Waals surface area contributed by atoms with Gasteiger partial charge in [-0.1, -0.05) is 29.4 Å². The van der Waals surface area contributed by atoms with Crippen LogP contribution in [0.4, 0.5) is 0 Å². The minimum absolute atomic E-state index is 0.107. The highest BCUT2D eigenvalue weighted by Gasteiger charge is 2.16. The number of azide groups is 1. The number of ether oxygens (including phenoxy) is 4. The van der Waals surface area contributed by atoms with Crippen molar-refractivity contribution < 1.29 is 28.5 Å². The number of carbonyl (C=O) groups is 2. The van der Waals surface area contributed by atoms with Gasteiger partial charge in [0.2, 0.25) is 0 Å². The van der Waals surface area contributed by atoms with Gasteiger partial charge in [0.25, 0.3) is 0 Å². The summed E-state index contributed by atoms with van der Waals surface area (Å²) in [6, 6.07) is 17.0. The highest BCUT2D eigenvalue weighted by molar-refractivity contribution is 7.21. The SMILES string of the molecule is CCOC(=O)/C(=C/c1cnc(-c2ccccc2OC)s1)N=[N+]=[N-].CCOC(=O)c1cc2sc(-c3ccccc3OC)nc2[nH]1. The Labute approximate surface area is 260 Å². The van der Waals surface area contributed by atoms with Crippen LogP contribution in [0.15, 0.2) is 71.6 Å².